The van der Waals surface area contributed by atoms with E-state index in [-0.39, 0.29) is 5.24 Å². The van der Waals surface area contributed by atoms with Crippen molar-refractivity contribution in [2.45, 2.75) is 6.92 Å². The lowest BCUT2D eigenvalue weighted by Gasteiger charge is -1.92. The van der Waals surface area contributed by atoms with Crippen molar-refractivity contribution in [2.24, 2.45) is 0 Å². The van der Waals surface area contributed by atoms with Gasteiger partial charge in [0.05, 0.1) is 0 Å². The van der Waals surface area contributed by atoms with Crippen LogP contribution in [0.5, 0.6) is 0 Å². The third-order valence-corrected chi connectivity index (χ3v) is 1.58. The van der Waals surface area contributed by atoms with E-state index in [2.05, 4.69) is 5.32 Å². The van der Waals surface area contributed by atoms with E-state index in [9.17, 15) is 4.79 Å². The molecule has 0 spiro atoms. The van der Waals surface area contributed by atoms with E-state index in [1.54, 1.807) is 7.05 Å². The van der Waals surface area contributed by atoms with Gasteiger partial charge in [0.15, 0.2) is 0 Å². The molecule has 0 radical (unpaired) electrons. The van der Waals surface area contributed by atoms with Gasteiger partial charge in [-0.25, -0.2) is 0 Å². The lowest BCUT2D eigenvalue weighted by molar-refractivity contribution is 0.262. The Kier molecular flexibility index (Phi) is 5.41. The second kappa shape index (κ2) is 5.69. The zero-order chi connectivity index (χ0) is 7.11. The summed E-state index contributed by atoms with van der Waals surface area (Å²) in [4.78, 5) is 10.5. The zero-order valence-electron chi connectivity index (χ0n) is 5.68. The van der Waals surface area contributed by atoms with E-state index < -0.39 is 0 Å². The Morgan fingerprint density at radius 2 is 2.44 bits per heavy atom. The highest BCUT2D eigenvalue weighted by Crippen LogP contribution is 1.99. The van der Waals surface area contributed by atoms with Gasteiger partial charge in [0.2, 0.25) is 0 Å². The number of amides is 1. The normalized spacial score (nSPS) is 10.0. The van der Waals surface area contributed by atoms with E-state index in [1.807, 2.05) is 19.1 Å². The van der Waals surface area contributed by atoms with Gasteiger partial charge in [-0.3, -0.25) is 4.79 Å². The van der Waals surface area contributed by atoms with Crippen molar-refractivity contribution in [1.29, 1.82) is 0 Å². The third kappa shape index (κ3) is 5.43. The second-order valence-corrected chi connectivity index (χ2v) is 2.41. The summed E-state index contributed by atoms with van der Waals surface area (Å²) in [6.45, 7) is 1.93. The number of hydrogen-bond donors (Lipinski definition) is 1. The first kappa shape index (κ1) is 8.56. The van der Waals surface area contributed by atoms with Crippen LogP contribution in [0.3, 0.4) is 0 Å². The molecule has 0 atom stereocenters. The number of nitrogens with one attached hydrogen (secondary N) is 1. The first-order chi connectivity index (χ1) is 4.31. The Morgan fingerprint density at radius 1 is 1.78 bits per heavy atom. The van der Waals surface area contributed by atoms with Crippen LogP contribution < -0.4 is 5.32 Å². The van der Waals surface area contributed by atoms with Gasteiger partial charge in [0.1, 0.15) is 0 Å². The molecule has 1 amide bonds. The molecule has 0 aromatic heterocycles. The van der Waals surface area contributed by atoms with Crippen molar-refractivity contribution in [3.05, 3.63) is 12.2 Å². The molecule has 0 bridgehead atoms. The summed E-state index contributed by atoms with van der Waals surface area (Å²) in [6, 6.07) is 0. The average molecular weight is 145 g/mol. The predicted molar refractivity (Wildman–Crippen MR) is 41.7 cm³/mol. The lowest BCUT2D eigenvalue weighted by atomic mass is 10.6. The molecule has 2 nitrogen and oxygen atoms in total. The second-order valence-electron chi connectivity index (χ2n) is 1.42. The zero-order valence-corrected chi connectivity index (χ0v) is 6.49. The molecule has 0 aliphatic carbocycles. The Labute approximate surface area is 59.7 Å². The predicted octanol–water partition coefficient (Wildman–Crippen LogP) is 1.64. The maximum atomic E-state index is 10.5. The largest absolute Gasteiger partial charge is 0.350 e. The number of carbonyl (C=O) groups excluding carboxylic acids is 1. The number of allylic oxidation sites excluding steroid dienone is 1. The van der Waals surface area contributed by atoms with Gasteiger partial charge in [0.25, 0.3) is 5.24 Å². The number of rotatable bonds is 2. The van der Waals surface area contributed by atoms with Crippen LogP contribution in [0, 0.1) is 0 Å². The first-order valence-electron chi connectivity index (χ1n) is 2.77. The summed E-state index contributed by atoms with van der Waals surface area (Å²) >= 11 is 1.26. The van der Waals surface area contributed by atoms with Gasteiger partial charge >= 0.3 is 0 Å². The van der Waals surface area contributed by atoms with Crippen LogP contribution in [-0.4, -0.2) is 18.0 Å². The topological polar surface area (TPSA) is 29.1 Å². The molecule has 0 aromatic rings. The van der Waals surface area contributed by atoms with Crippen LogP contribution in [0.1, 0.15) is 6.92 Å². The molecule has 0 saturated carbocycles. The molecule has 0 aliphatic rings. The first-order valence-corrected chi connectivity index (χ1v) is 3.75. The van der Waals surface area contributed by atoms with E-state index in [0.29, 0.717) is 0 Å². The van der Waals surface area contributed by atoms with E-state index in [1.165, 1.54) is 11.8 Å². The van der Waals surface area contributed by atoms with E-state index >= 15 is 0 Å². The minimum Gasteiger partial charge on any atom is -0.350 e. The van der Waals surface area contributed by atoms with Gasteiger partial charge in [-0.1, -0.05) is 23.9 Å². The third-order valence-electron chi connectivity index (χ3n) is 0.750. The minimum absolute atomic E-state index is 0.0214. The molecule has 0 rings (SSSR count). The van der Waals surface area contributed by atoms with Crippen LogP contribution in [0.25, 0.3) is 0 Å². The summed E-state index contributed by atoms with van der Waals surface area (Å²) in [5, 5.41) is 2.54. The highest BCUT2D eigenvalue weighted by Gasteiger charge is 1.92. The fourth-order valence-corrected chi connectivity index (χ4v) is 0.877. The molecular formula is C6H11NOS. The average Bonchev–Trinajstić information content (AvgIpc) is 1.89. The number of carbonyl (C=O) groups is 1. The van der Waals surface area contributed by atoms with Crippen LogP contribution >= 0.6 is 11.8 Å². The van der Waals surface area contributed by atoms with Gasteiger partial charge in [0, 0.05) is 12.8 Å². The summed E-state index contributed by atoms with van der Waals surface area (Å²) in [6.07, 6.45) is 3.87. The van der Waals surface area contributed by atoms with Gasteiger partial charge in [-0.05, 0) is 6.92 Å². The maximum Gasteiger partial charge on any atom is 0.279 e. The summed E-state index contributed by atoms with van der Waals surface area (Å²) in [7, 11) is 1.63. The number of thioether (sulfide) groups is 1. The quantitative estimate of drug-likeness (QED) is 0.598. The van der Waals surface area contributed by atoms with Crippen LogP contribution in [0.2, 0.25) is 0 Å². The summed E-state index contributed by atoms with van der Waals surface area (Å²) < 4.78 is 0. The summed E-state index contributed by atoms with van der Waals surface area (Å²) in [5.74, 6) is 0.760. The van der Waals surface area contributed by atoms with Crippen LogP contribution in [-0.2, 0) is 0 Å². The van der Waals surface area contributed by atoms with E-state index in [4.69, 9.17) is 0 Å². The van der Waals surface area contributed by atoms with Crippen LogP contribution in [0.15, 0.2) is 12.2 Å². The monoisotopic (exact) mass is 145 g/mol. The van der Waals surface area contributed by atoms with Crippen molar-refractivity contribution >= 4 is 17.0 Å². The minimum atomic E-state index is 0.0214. The number of hydrogen-bond acceptors (Lipinski definition) is 2. The van der Waals surface area contributed by atoms with Crippen molar-refractivity contribution in [3.8, 4) is 0 Å². The molecule has 1 N–H and O–H groups in total. The Bertz CT molecular complexity index is 112. The van der Waals surface area contributed by atoms with Gasteiger partial charge in [-0.2, -0.15) is 0 Å². The molecule has 0 heterocycles. The molecular weight excluding hydrogens is 134 g/mol. The molecule has 0 saturated heterocycles. The van der Waals surface area contributed by atoms with Crippen molar-refractivity contribution in [1.82, 2.24) is 5.32 Å². The molecule has 9 heavy (non-hydrogen) atoms. The highest BCUT2D eigenvalue weighted by atomic mass is 32.2. The fraction of sp³-hybridized carbons (Fsp3) is 0.500. The molecule has 0 aliphatic heterocycles. The molecule has 0 unspecified atom stereocenters. The summed E-state index contributed by atoms with van der Waals surface area (Å²) in [5.41, 5.74) is 0. The van der Waals surface area contributed by atoms with Crippen LogP contribution in [0.4, 0.5) is 4.79 Å². The van der Waals surface area contributed by atoms with Gasteiger partial charge in [-0.15, -0.1) is 0 Å². The lowest BCUT2D eigenvalue weighted by Crippen LogP contribution is -2.11. The Balaban J connectivity index is 3.17. The molecule has 3 heteroatoms. The molecule has 0 aromatic carbocycles. The molecule has 52 valence electrons. The van der Waals surface area contributed by atoms with E-state index in [0.717, 1.165) is 5.75 Å². The SMILES string of the molecule is C/C=C/CSC(=O)NC. The highest BCUT2D eigenvalue weighted by molar-refractivity contribution is 8.13. The van der Waals surface area contributed by atoms with Crippen molar-refractivity contribution < 1.29 is 4.79 Å². The van der Waals surface area contributed by atoms with Crippen molar-refractivity contribution in [2.75, 3.05) is 12.8 Å². The molecule has 0 fully saturated rings. The Hall–Kier alpha value is -0.440. The van der Waals surface area contributed by atoms with Gasteiger partial charge < -0.3 is 5.32 Å². The maximum absolute atomic E-state index is 10.5. The van der Waals surface area contributed by atoms with Crippen molar-refractivity contribution in [3.63, 3.8) is 0 Å². The fourth-order valence-electron chi connectivity index (χ4n) is 0.292. The standard InChI is InChI=1S/C6H11NOS/c1-3-4-5-9-6(8)7-2/h3-4H,5H2,1-2H3,(H,7,8)/b4-3+. The Morgan fingerprint density at radius 3 is 2.89 bits per heavy atom. The smallest absolute Gasteiger partial charge is 0.279 e.